The molecule has 0 aliphatic carbocycles. The number of carbonyl (C=O) groups is 1. The molecule has 1 heterocycles. The van der Waals surface area contributed by atoms with Gasteiger partial charge in [-0.1, -0.05) is 96.3 Å². The number of carbonyl (C=O) groups excluding carboxylic acids is 1. The average Bonchev–Trinajstić information content (AvgIpc) is 3.03. The number of hydrogen-bond donors (Lipinski definition) is 8. The van der Waals surface area contributed by atoms with Crippen molar-refractivity contribution in [1.82, 2.24) is 0 Å². The van der Waals surface area contributed by atoms with Crippen molar-refractivity contribution >= 4 is 5.78 Å². The Kier molecular flexibility index (Phi) is 24.7. The van der Waals surface area contributed by atoms with Crippen LogP contribution in [0.25, 0.3) is 0 Å². The number of ketones is 1. The molecule has 0 amide bonds. The van der Waals surface area contributed by atoms with Crippen molar-refractivity contribution in [2.24, 2.45) is 11.5 Å². The van der Waals surface area contributed by atoms with Crippen LogP contribution in [0.3, 0.4) is 0 Å². The minimum Gasteiger partial charge on any atom is -0.395 e. The lowest BCUT2D eigenvalue weighted by molar-refractivity contribution is -0.313. The zero-order valence-electron chi connectivity index (χ0n) is 28.0. The van der Waals surface area contributed by atoms with Gasteiger partial charge in [-0.05, 0) is 32.6 Å². The molecule has 1 aliphatic rings. The Morgan fingerprint density at radius 3 is 1.58 bits per heavy atom. The molecule has 11 heteroatoms. The molecule has 268 valence electrons. The van der Waals surface area contributed by atoms with Gasteiger partial charge < -0.3 is 51.6 Å². The van der Waals surface area contributed by atoms with Gasteiger partial charge in [-0.2, -0.15) is 0 Å². The monoisotopic (exact) mass is 648 g/mol. The molecule has 1 rings (SSSR count). The van der Waals surface area contributed by atoms with E-state index in [1.807, 2.05) is 6.92 Å². The predicted molar refractivity (Wildman–Crippen MR) is 175 cm³/mol. The van der Waals surface area contributed by atoms with Crippen LogP contribution in [-0.2, 0) is 14.3 Å². The summed E-state index contributed by atoms with van der Waals surface area (Å²) in [6, 6.07) is -0.837. The lowest BCUT2D eigenvalue weighted by Gasteiger charge is -2.41. The molecule has 1 saturated heterocycles. The van der Waals surface area contributed by atoms with Gasteiger partial charge >= 0.3 is 0 Å². The molecule has 0 bridgehead atoms. The summed E-state index contributed by atoms with van der Waals surface area (Å²) in [7, 11) is 0. The molecule has 45 heavy (non-hydrogen) atoms. The molecule has 0 aromatic carbocycles. The molecule has 0 saturated carbocycles. The fraction of sp³-hybridized carbons (Fsp3) is 0.971. The summed E-state index contributed by atoms with van der Waals surface area (Å²) in [6.07, 6.45) is 13.7. The number of nitrogens with two attached hydrogens (primary N) is 2. The van der Waals surface area contributed by atoms with E-state index in [0.717, 1.165) is 70.6 Å². The van der Waals surface area contributed by atoms with Gasteiger partial charge in [0.15, 0.2) is 6.29 Å². The quantitative estimate of drug-likeness (QED) is 0.0553. The van der Waals surface area contributed by atoms with Crippen LogP contribution in [0.1, 0.15) is 142 Å². The fourth-order valence-electron chi connectivity index (χ4n) is 5.88. The van der Waals surface area contributed by atoms with Crippen molar-refractivity contribution in [2.45, 2.75) is 197 Å². The summed E-state index contributed by atoms with van der Waals surface area (Å²) in [5.41, 5.74) is 11.7. The van der Waals surface area contributed by atoms with Gasteiger partial charge in [-0.25, -0.2) is 0 Å². The first-order valence-corrected chi connectivity index (χ1v) is 17.9. The summed E-state index contributed by atoms with van der Waals surface area (Å²) < 4.78 is 11.2. The summed E-state index contributed by atoms with van der Waals surface area (Å²) in [6.45, 7) is 0.998. The summed E-state index contributed by atoms with van der Waals surface area (Å²) >= 11 is 0. The lowest BCUT2D eigenvalue weighted by atomic mass is 9.98. The molecule has 0 radical (unpaired) electrons. The maximum atomic E-state index is 12.2. The Hall–Kier alpha value is -0.730. The second-order valence-electron chi connectivity index (χ2n) is 13.3. The zero-order valence-corrected chi connectivity index (χ0v) is 28.0. The number of unbranched alkanes of at least 4 members (excludes halogenated alkanes) is 15. The number of rotatable bonds is 29. The molecule has 10 N–H and O–H groups in total. The van der Waals surface area contributed by atoms with E-state index in [9.17, 15) is 35.4 Å². The first-order valence-electron chi connectivity index (χ1n) is 17.9. The highest BCUT2D eigenvalue weighted by atomic mass is 16.7. The number of hydrogen-bond acceptors (Lipinski definition) is 11. The molecule has 1 aliphatic heterocycles. The molecule has 11 nitrogen and oxygen atoms in total. The first-order chi connectivity index (χ1) is 21.6. The number of aliphatic hydroxyl groups is 6. The Balaban J connectivity index is 2.00. The van der Waals surface area contributed by atoms with E-state index < -0.39 is 49.5 Å². The third-order valence-corrected chi connectivity index (χ3v) is 9.10. The second kappa shape index (κ2) is 26.3. The summed E-state index contributed by atoms with van der Waals surface area (Å²) in [5.74, 6) is 0.384. The van der Waals surface area contributed by atoms with Crippen molar-refractivity contribution < 1.29 is 44.9 Å². The number of aliphatic hydroxyl groups excluding tert-OH is 6. The third-order valence-electron chi connectivity index (χ3n) is 9.10. The molecule has 0 aromatic rings. The van der Waals surface area contributed by atoms with E-state index in [2.05, 4.69) is 0 Å². The zero-order chi connectivity index (χ0) is 33.5. The lowest BCUT2D eigenvalue weighted by Crippen LogP contribution is -2.60. The topological polar surface area (TPSA) is 209 Å². The van der Waals surface area contributed by atoms with Crippen LogP contribution >= 0.6 is 0 Å². The van der Waals surface area contributed by atoms with Crippen LogP contribution in [0.15, 0.2) is 0 Å². The van der Waals surface area contributed by atoms with Crippen LogP contribution < -0.4 is 11.5 Å². The molecule has 2 unspecified atom stereocenters. The number of ether oxygens (including phenoxy) is 2. The Morgan fingerprint density at radius 2 is 1.13 bits per heavy atom. The fourth-order valence-corrected chi connectivity index (χ4v) is 5.88. The first kappa shape index (κ1) is 42.3. The summed E-state index contributed by atoms with van der Waals surface area (Å²) in [4.78, 5) is 12.2. The van der Waals surface area contributed by atoms with E-state index in [1.54, 1.807) is 0 Å². The van der Waals surface area contributed by atoms with E-state index in [4.69, 9.17) is 20.9 Å². The van der Waals surface area contributed by atoms with E-state index in [-0.39, 0.29) is 18.8 Å². The maximum Gasteiger partial charge on any atom is 0.187 e. The van der Waals surface area contributed by atoms with Gasteiger partial charge in [0, 0.05) is 18.9 Å². The van der Waals surface area contributed by atoms with Gasteiger partial charge in [-0.3, -0.25) is 4.79 Å². The van der Waals surface area contributed by atoms with Crippen LogP contribution in [0.2, 0.25) is 0 Å². The highest BCUT2D eigenvalue weighted by molar-refractivity contribution is 5.78. The minimum absolute atomic E-state index is 0.137. The molecule has 0 spiro atoms. The van der Waals surface area contributed by atoms with Gasteiger partial charge in [-0.15, -0.1) is 0 Å². The average molecular weight is 649 g/mol. The minimum atomic E-state index is -1.53. The third kappa shape index (κ3) is 19.0. The van der Waals surface area contributed by atoms with Crippen molar-refractivity contribution in [1.29, 1.82) is 0 Å². The smallest absolute Gasteiger partial charge is 0.187 e. The van der Waals surface area contributed by atoms with Crippen molar-refractivity contribution in [3.05, 3.63) is 0 Å². The van der Waals surface area contributed by atoms with Crippen LogP contribution in [0.4, 0.5) is 0 Å². The summed E-state index contributed by atoms with van der Waals surface area (Å²) in [5, 5.41) is 58.8. The normalized spacial score (nSPS) is 24.8. The van der Waals surface area contributed by atoms with Crippen molar-refractivity contribution in [3.8, 4) is 0 Å². The van der Waals surface area contributed by atoms with Gasteiger partial charge in [0.25, 0.3) is 0 Å². The van der Waals surface area contributed by atoms with E-state index in [0.29, 0.717) is 25.0 Å². The van der Waals surface area contributed by atoms with E-state index >= 15 is 0 Å². The molecular weight excluding hydrogens is 580 g/mol. The second-order valence-corrected chi connectivity index (χ2v) is 13.3. The molecular formula is C34H68N2O9. The Labute approximate surface area is 272 Å². The predicted octanol–water partition coefficient (Wildman–Crippen LogP) is 2.96. The van der Waals surface area contributed by atoms with Crippen LogP contribution in [-0.4, -0.2) is 105 Å². The SMILES string of the molecule is C[C@@H](N)[C@H](O)CCCCCCCCCCCCC(=O)CCCCCCCCC[C@@H](OC1O[C@H](CO)C(O)[C@H](O)[C@@H]1O)[C@@H](N)CO. The molecule has 1 fully saturated rings. The van der Waals surface area contributed by atoms with Gasteiger partial charge in [0.2, 0.25) is 0 Å². The Morgan fingerprint density at radius 1 is 0.689 bits per heavy atom. The van der Waals surface area contributed by atoms with Crippen LogP contribution in [0.5, 0.6) is 0 Å². The molecule has 9 atom stereocenters. The molecule has 0 aromatic heterocycles. The highest BCUT2D eigenvalue weighted by Gasteiger charge is 2.45. The largest absolute Gasteiger partial charge is 0.395 e. The van der Waals surface area contributed by atoms with Gasteiger partial charge in [0.1, 0.15) is 30.2 Å². The number of Topliss-reactive ketones (excluding diaryl/α,β-unsaturated/α-hetero) is 1. The van der Waals surface area contributed by atoms with Crippen LogP contribution in [0, 0.1) is 0 Å². The van der Waals surface area contributed by atoms with Crippen molar-refractivity contribution in [3.63, 3.8) is 0 Å². The Bertz CT molecular complexity index is 715. The highest BCUT2D eigenvalue weighted by Crippen LogP contribution is 2.25. The van der Waals surface area contributed by atoms with E-state index in [1.165, 1.54) is 44.9 Å². The van der Waals surface area contributed by atoms with Crippen molar-refractivity contribution in [2.75, 3.05) is 13.2 Å². The maximum absolute atomic E-state index is 12.2. The standard InChI is InChI=1S/C34H68N2O9/c1-25(35)28(40)21-17-13-9-5-3-2-4-7-11-15-19-26(39)20-16-12-8-6-10-14-18-22-29(27(36)23-37)44-34-33(43)32(42)31(41)30(24-38)45-34/h25,27-34,37-38,40-43H,2-24,35-36H2,1H3/t25-,27+,28-,29-,30-,31?,32+,33+,34?/m1/s1. The van der Waals surface area contributed by atoms with Gasteiger partial charge in [0.05, 0.1) is 31.5 Å².